The molecule has 0 radical (unpaired) electrons. The summed E-state index contributed by atoms with van der Waals surface area (Å²) in [5.74, 6) is 0.506. The van der Waals surface area contributed by atoms with E-state index in [2.05, 4.69) is 0 Å². The quantitative estimate of drug-likeness (QED) is 0.364. The van der Waals surface area contributed by atoms with Gasteiger partial charge in [-0.25, -0.2) is 0 Å². The van der Waals surface area contributed by atoms with Gasteiger partial charge in [-0.15, -0.1) is 11.8 Å². The topological polar surface area (TPSA) is 0 Å². The molecule has 20 heavy (non-hydrogen) atoms. The summed E-state index contributed by atoms with van der Waals surface area (Å²) in [4.78, 5) is 0.00301. The Kier molecular flexibility index (Phi) is 5.79. The lowest BCUT2D eigenvalue weighted by Crippen LogP contribution is -2.11. The molecular formula is C13H14F6S. The normalized spacial score (nSPS) is 12.8. The van der Waals surface area contributed by atoms with Gasteiger partial charge in [-0.2, -0.15) is 26.3 Å². The van der Waals surface area contributed by atoms with E-state index in [1.807, 2.05) is 6.92 Å². The van der Waals surface area contributed by atoms with E-state index in [0.717, 1.165) is 43.2 Å². The first-order valence-electron chi connectivity index (χ1n) is 6.07. The van der Waals surface area contributed by atoms with E-state index in [4.69, 9.17) is 0 Å². The van der Waals surface area contributed by atoms with Crippen molar-refractivity contribution < 1.29 is 26.3 Å². The molecule has 0 aromatic heterocycles. The minimum absolute atomic E-state index is 0.00301. The van der Waals surface area contributed by atoms with Crippen LogP contribution in [0.3, 0.4) is 0 Å². The molecule has 1 aromatic carbocycles. The van der Waals surface area contributed by atoms with Crippen molar-refractivity contribution >= 4 is 11.8 Å². The van der Waals surface area contributed by atoms with E-state index in [-0.39, 0.29) is 11.0 Å². The van der Waals surface area contributed by atoms with Gasteiger partial charge in [0.2, 0.25) is 0 Å². The molecule has 0 N–H and O–H groups in total. The fraction of sp³-hybridized carbons (Fsp3) is 0.538. The zero-order chi connectivity index (χ0) is 15.4. The Hall–Kier alpha value is -0.850. The van der Waals surface area contributed by atoms with E-state index < -0.39 is 23.5 Å². The second-order valence-electron chi connectivity index (χ2n) is 4.30. The number of hydrogen-bond acceptors (Lipinski definition) is 1. The number of thioether (sulfide) groups is 1. The first-order valence-corrected chi connectivity index (χ1v) is 7.05. The van der Waals surface area contributed by atoms with Gasteiger partial charge in [-0.3, -0.25) is 0 Å². The van der Waals surface area contributed by atoms with Gasteiger partial charge < -0.3 is 0 Å². The zero-order valence-corrected chi connectivity index (χ0v) is 11.6. The number of alkyl halides is 6. The van der Waals surface area contributed by atoms with E-state index in [1.54, 1.807) is 0 Å². The molecule has 0 nitrogen and oxygen atoms in total. The first-order chi connectivity index (χ1) is 9.14. The fourth-order valence-corrected chi connectivity index (χ4v) is 2.56. The lowest BCUT2D eigenvalue weighted by molar-refractivity contribution is -0.143. The summed E-state index contributed by atoms with van der Waals surface area (Å²) in [6, 6.07) is 1.69. The summed E-state index contributed by atoms with van der Waals surface area (Å²) in [6.45, 7) is 1.97. The Morgan fingerprint density at radius 2 is 1.35 bits per heavy atom. The fourth-order valence-electron chi connectivity index (χ4n) is 1.55. The summed E-state index contributed by atoms with van der Waals surface area (Å²) >= 11 is 1.02. The van der Waals surface area contributed by atoms with Crippen molar-refractivity contribution in [2.75, 3.05) is 5.75 Å². The Morgan fingerprint density at radius 3 is 1.75 bits per heavy atom. The Labute approximate surface area is 117 Å². The molecule has 0 spiro atoms. The number of rotatable bonds is 5. The maximum Gasteiger partial charge on any atom is 0.416 e. The molecule has 0 fully saturated rings. The highest BCUT2D eigenvalue weighted by atomic mass is 32.2. The minimum atomic E-state index is -4.78. The van der Waals surface area contributed by atoms with Crippen molar-refractivity contribution in [1.29, 1.82) is 0 Å². The summed E-state index contributed by atoms with van der Waals surface area (Å²) in [5.41, 5.74) is -2.52. The van der Waals surface area contributed by atoms with E-state index in [9.17, 15) is 26.3 Å². The van der Waals surface area contributed by atoms with E-state index >= 15 is 0 Å². The largest absolute Gasteiger partial charge is 0.416 e. The second-order valence-corrected chi connectivity index (χ2v) is 5.47. The molecule has 0 saturated carbocycles. The summed E-state index contributed by atoms with van der Waals surface area (Å²) in [5, 5.41) is 0. The van der Waals surface area contributed by atoms with Crippen LogP contribution >= 0.6 is 11.8 Å². The minimum Gasteiger partial charge on any atom is -0.166 e. The molecule has 0 aliphatic rings. The van der Waals surface area contributed by atoms with Crippen molar-refractivity contribution in [2.24, 2.45) is 0 Å². The molecule has 1 rings (SSSR count). The number of hydrogen-bond donors (Lipinski definition) is 0. The Morgan fingerprint density at radius 1 is 0.850 bits per heavy atom. The molecule has 0 aliphatic heterocycles. The molecule has 0 bridgehead atoms. The average molecular weight is 316 g/mol. The van der Waals surface area contributed by atoms with Gasteiger partial charge >= 0.3 is 12.4 Å². The Bertz CT molecular complexity index is 403. The molecular weight excluding hydrogens is 302 g/mol. The standard InChI is InChI=1S/C13H14F6S/c1-2-3-4-5-20-11-7-9(12(14,15)16)6-10(8-11)13(17,18)19/h6-8H,2-5H2,1H3. The zero-order valence-electron chi connectivity index (χ0n) is 10.7. The van der Waals surface area contributed by atoms with Crippen LogP contribution in [0.25, 0.3) is 0 Å². The van der Waals surface area contributed by atoms with Crippen LogP contribution in [0.5, 0.6) is 0 Å². The van der Waals surface area contributed by atoms with Crippen LogP contribution in [-0.2, 0) is 12.4 Å². The van der Waals surface area contributed by atoms with E-state index in [0.29, 0.717) is 5.75 Å². The van der Waals surface area contributed by atoms with Gasteiger partial charge in [0.05, 0.1) is 11.1 Å². The van der Waals surface area contributed by atoms with Crippen LogP contribution in [0.1, 0.15) is 37.3 Å². The average Bonchev–Trinajstić information content (AvgIpc) is 2.32. The lowest BCUT2D eigenvalue weighted by atomic mass is 10.1. The highest BCUT2D eigenvalue weighted by molar-refractivity contribution is 7.99. The molecule has 0 saturated heterocycles. The SMILES string of the molecule is CCCCCSc1cc(C(F)(F)F)cc(C(F)(F)F)c1. The maximum absolute atomic E-state index is 12.6. The number of halogens is 6. The smallest absolute Gasteiger partial charge is 0.166 e. The monoisotopic (exact) mass is 316 g/mol. The third kappa shape index (κ3) is 5.26. The molecule has 0 atom stereocenters. The summed E-state index contributed by atoms with van der Waals surface area (Å²) in [6.07, 6.45) is -6.95. The van der Waals surface area contributed by atoms with Crippen LogP contribution < -0.4 is 0 Å². The summed E-state index contributed by atoms with van der Waals surface area (Å²) in [7, 11) is 0. The van der Waals surface area contributed by atoms with Crippen molar-refractivity contribution in [1.82, 2.24) is 0 Å². The van der Waals surface area contributed by atoms with Gasteiger partial charge in [0.25, 0.3) is 0 Å². The molecule has 0 aliphatic carbocycles. The third-order valence-electron chi connectivity index (χ3n) is 2.58. The molecule has 7 heteroatoms. The van der Waals surface area contributed by atoms with Gasteiger partial charge in [-0.1, -0.05) is 19.8 Å². The van der Waals surface area contributed by atoms with Crippen molar-refractivity contribution in [3.05, 3.63) is 29.3 Å². The van der Waals surface area contributed by atoms with Crippen LogP contribution in [0.2, 0.25) is 0 Å². The highest BCUT2D eigenvalue weighted by Crippen LogP contribution is 2.38. The lowest BCUT2D eigenvalue weighted by Gasteiger charge is -2.14. The second kappa shape index (κ2) is 6.74. The third-order valence-corrected chi connectivity index (χ3v) is 3.64. The first kappa shape index (κ1) is 17.2. The predicted octanol–water partition coefficient (Wildman–Crippen LogP) is 6.01. The van der Waals surface area contributed by atoms with Gasteiger partial charge in [0.15, 0.2) is 0 Å². The molecule has 0 unspecified atom stereocenters. The number of benzene rings is 1. The van der Waals surface area contributed by atoms with Crippen LogP contribution in [0.15, 0.2) is 23.1 Å². The summed E-state index contributed by atoms with van der Waals surface area (Å²) < 4.78 is 75.6. The van der Waals surface area contributed by atoms with Gasteiger partial charge in [-0.05, 0) is 30.4 Å². The highest BCUT2D eigenvalue weighted by Gasteiger charge is 2.36. The van der Waals surface area contributed by atoms with E-state index in [1.165, 1.54) is 0 Å². The molecule has 0 amide bonds. The van der Waals surface area contributed by atoms with Gasteiger partial charge in [0, 0.05) is 4.90 Å². The van der Waals surface area contributed by atoms with Crippen LogP contribution in [0, 0.1) is 0 Å². The van der Waals surface area contributed by atoms with Crippen LogP contribution in [0.4, 0.5) is 26.3 Å². The molecule has 114 valence electrons. The van der Waals surface area contributed by atoms with Crippen molar-refractivity contribution in [3.63, 3.8) is 0 Å². The molecule has 1 aromatic rings. The Balaban J connectivity index is 2.99. The molecule has 0 heterocycles. The maximum atomic E-state index is 12.6. The number of unbranched alkanes of at least 4 members (excludes halogenated alkanes) is 2. The van der Waals surface area contributed by atoms with Gasteiger partial charge in [0.1, 0.15) is 0 Å². The predicted molar refractivity (Wildman–Crippen MR) is 66.7 cm³/mol. The van der Waals surface area contributed by atoms with Crippen molar-refractivity contribution in [2.45, 2.75) is 43.4 Å². The van der Waals surface area contributed by atoms with Crippen molar-refractivity contribution in [3.8, 4) is 0 Å². The van der Waals surface area contributed by atoms with Crippen LogP contribution in [-0.4, -0.2) is 5.75 Å².